The van der Waals surface area contributed by atoms with Gasteiger partial charge in [0.05, 0.1) is 10.5 Å². The average molecular weight is 549 g/mol. The van der Waals surface area contributed by atoms with Crippen LogP contribution in [0.2, 0.25) is 0 Å². The molecule has 3 aromatic rings. The van der Waals surface area contributed by atoms with Crippen LogP contribution in [0, 0.1) is 0 Å². The van der Waals surface area contributed by atoms with Crippen LogP contribution in [0.5, 0.6) is 11.5 Å². The maximum Gasteiger partial charge on any atom is 0.416 e. The van der Waals surface area contributed by atoms with Gasteiger partial charge in [-0.2, -0.15) is 18.2 Å². The summed E-state index contributed by atoms with van der Waals surface area (Å²) >= 11 is 0. The number of amides is 2. The minimum atomic E-state index is -4.49. The molecule has 200 valence electrons. The first-order valence-corrected chi connectivity index (χ1v) is 13.0. The van der Waals surface area contributed by atoms with E-state index in [0.717, 1.165) is 24.3 Å². The Morgan fingerprint density at radius 1 is 0.868 bits per heavy atom. The summed E-state index contributed by atoms with van der Waals surface area (Å²) in [5.41, 5.74) is -0.832. The van der Waals surface area contributed by atoms with Crippen LogP contribution >= 0.6 is 0 Å². The predicted octanol–water partition coefficient (Wildman–Crippen LogP) is 4.45. The van der Waals surface area contributed by atoms with Gasteiger partial charge >= 0.3 is 6.18 Å². The number of nitrogens with one attached hydrogen (secondary N) is 1. The third-order valence-corrected chi connectivity index (χ3v) is 8.78. The number of hydrogen-bond acceptors (Lipinski definition) is 7. The third-order valence-electron chi connectivity index (χ3n) is 6.27. The van der Waals surface area contributed by atoms with E-state index in [4.69, 9.17) is 4.74 Å². The summed E-state index contributed by atoms with van der Waals surface area (Å²) in [4.78, 5) is 25.9. The van der Waals surface area contributed by atoms with Crippen LogP contribution in [-0.4, -0.2) is 48.3 Å². The van der Waals surface area contributed by atoms with Gasteiger partial charge in [-0.25, -0.2) is 8.42 Å². The van der Waals surface area contributed by atoms with Crippen molar-refractivity contribution in [3.63, 3.8) is 0 Å². The molecule has 0 spiro atoms. The molecule has 2 N–H and O–H groups in total. The predicted molar refractivity (Wildman–Crippen MR) is 129 cm³/mol. The van der Waals surface area contributed by atoms with Crippen molar-refractivity contribution in [1.82, 2.24) is 10.4 Å². The molecular formula is C26H23F3N2O6S. The monoisotopic (exact) mass is 548 g/mol. The number of piperidine rings is 1. The van der Waals surface area contributed by atoms with E-state index in [0.29, 0.717) is 0 Å². The second kappa shape index (κ2) is 10.6. The number of imide groups is 1. The van der Waals surface area contributed by atoms with Crippen molar-refractivity contribution in [3.8, 4) is 11.5 Å². The molecule has 1 aliphatic rings. The van der Waals surface area contributed by atoms with Crippen molar-refractivity contribution in [2.24, 2.45) is 0 Å². The molecule has 2 amide bonds. The van der Waals surface area contributed by atoms with Crippen LogP contribution in [0.15, 0.2) is 83.8 Å². The second-order valence-electron chi connectivity index (χ2n) is 8.63. The Morgan fingerprint density at radius 3 is 1.92 bits per heavy atom. The molecule has 0 unspecified atom stereocenters. The van der Waals surface area contributed by atoms with E-state index in [1.165, 1.54) is 48.5 Å². The highest BCUT2D eigenvalue weighted by atomic mass is 32.2. The normalized spacial score (nSPS) is 15.5. The number of rotatable bonds is 6. The molecule has 0 aliphatic carbocycles. The average Bonchev–Trinajstić information content (AvgIpc) is 2.92. The summed E-state index contributed by atoms with van der Waals surface area (Å²) in [6.45, 7) is 0.320. The maximum absolute atomic E-state index is 13.8. The van der Waals surface area contributed by atoms with Gasteiger partial charge in [-0.05, 0) is 86.6 Å². The highest BCUT2D eigenvalue weighted by Crippen LogP contribution is 2.37. The van der Waals surface area contributed by atoms with Gasteiger partial charge in [0.2, 0.25) is 0 Å². The summed E-state index contributed by atoms with van der Waals surface area (Å²) in [6.07, 6.45) is -4.86. The van der Waals surface area contributed by atoms with Crippen LogP contribution in [0.3, 0.4) is 0 Å². The smallest absolute Gasteiger partial charge is 0.416 e. The highest BCUT2D eigenvalue weighted by Gasteiger charge is 2.54. The lowest BCUT2D eigenvalue weighted by atomic mass is 9.95. The van der Waals surface area contributed by atoms with E-state index in [1.54, 1.807) is 6.07 Å². The van der Waals surface area contributed by atoms with Crippen LogP contribution in [0.1, 0.15) is 28.8 Å². The fourth-order valence-electron chi connectivity index (χ4n) is 4.18. The Kier molecular flexibility index (Phi) is 7.58. The van der Waals surface area contributed by atoms with Crippen LogP contribution in [-0.2, 0) is 20.8 Å². The molecule has 1 saturated heterocycles. The Bertz CT molecular complexity index is 1400. The summed E-state index contributed by atoms with van der Waals surface area (Å²) < 4.78 is 69.2. The zero-order chi connectivity index (χ0) is 27.6. The van der Waals surface area contributed by atoms with E-state index in [-0.39, 0.29) is 53.0 Å². The van der Waals surface area contributed by atoms with Crippen LogP contribution in [0.4, 0.5) is 13.2 Å². The maximum atomic E-state index is 13.8. The van der Waals surface area contributed by atoms with Crippen molar-refractivity contribution in [2.75, 3.05) is 13.1 Å². The number of nitrogens with zero attached hydrogens (tertiary/aromatic N) is 1. The number of carbonyl (C=O) groups excluding carboxylic acids is 2. The molecule has 1 aliphatic heterocycles. The fourth-order valence-corrected chi connectivity index (χ4v) is 6.18. The first-order valence-electron chi connectivity index (χ1n) is 11.5. The van der Waals surface area contributed by atoms with Gasteiger partial charge in [0.1, 0.15) is 11.5 Å². The Hall–Kier alpha value is -3.74. The number of hydroxylamine groups is 2. The fraction of sp³-hybridized carbons (Fsp3) is 0.231. The van der Waals surface area contributed by atoms with Gasteiger partial charge < -0.3 is 10.1 Å². The molecule has 0 saturated carbocycles. The summed E-state index contributed by atoms with van der Waals surface area (Å²) in [7, 11) is -4.42. The highest BCUT2D eigenvalue weighted by molar-refractivity contribution is 7.93. The minimum Gasteiger partial charge on any atom is -0.457 e. The SMILES string of the molecule is O=C(c1ccccc1)N(O)C(=O)C1(S(=O)(=O)c2ccc(Oc3ccc(C(F)(F)F)cc3)cc2)CCNCC1. The summed E-state index contributed by atoms with van der Waals surface area (Å²) in [6, 6.07) is 16.5. The number of sulfone groups is 1. The van der Waals surface area contributed by atoms with Crippen molar-refractivity contribution in [3.05, 3.63) is 90.0 Å². The van der Waals surface area contributed by atoms with Crippen molar-refractivity contribution >= 4 is 21.7 Å². The van der Waals surface area contributed by atoms with E-state index in [1.807, 2.05) is 0 Å². The van der Waals surface area contributed by atoms with E-state index >= 15 is 0 Å². The number of alkyl halides is 3. The zero-order valence-electron chi connectivity index (χ0n) is 19.8. The second-order valence-corrected chi connectivity index (χ2v) is 10.9. The molecule has 0 radical (unpaired) electrons. The third kappa shape index (κ3) is 5.28. The Labute approximate surface area is 216 Å². The largest absolute Gasteiger partial charge is 0.457 e. The molecule has 38 heavy (non-hydrogen) atoms. The molecule has 1 heterocycles. The summed E-state index contributed by atoms with van der Waals surface area (Å²) in [5, 5.41) is 13.3. The Morgan fingerprint density at radius 2 is 1.39 bits per heavy atom. The van der Waals surface area contributed by atoms with Crippen molar-refractivity contribution in [1.29, 1.82) is 0 Å². The molecular weight excluding hydrogens is 525 g/mol. The molecule has 3 aromatic carbocycles. The molecule has 12 heteroatoms. The molecule has 4 rings (SSSR count). The number of halogens is 3. The van der Waals surface area contributed by atoms with Gasteiger partial charge in [0.25, 0.3) is 11.8 Å². The summed E-state index contributed by atoms with van der Waals surface area (Å²) in [5.74, 6) is -2.05. The standard InChI is InChI=1S/C26H23F3N2O6S/c27-26(28,29)19-6-8-20(9-7-19)37-21-10-12-22(13-11-21)38(35,36)25(14-16-30-17-15-25)24(33)31(34)23(32)18-4-2-1-3-5-18/h1-13,30,34H,14-17H2. The van der Waals surface area contributed by atoms with Gasteiger partial charge in [-0.1, -0.05) is 18.2 Å². The molecule has 8 nitrogen and oxygen atoms in total. The number of ether oxygens (including phenoxy) is 1. The van der Waals surface area contributed by atoms with E-state index in [2.05, 4.69) is 5.32 Å². The number of carbonyl (C=O) groups is 2. The molecule has 1 fully saturated rings. The Balaban J connectivity index is 1.59. The first kappa shape index (κ1) is 27.3. The quantitative estimate of drug-likeness (QED) is 0.266. The first-order chi connectivity index (χ1) is 18.0. The lowest BCUT2D eigenvalue weighted by Gasteiger charge is -2.36. The lowest BCUT2D eigenvalue weighted by molar-refractivity contribution is -0.157. The molecule has 0 atom stereocenters. The van der Waals surface area contributed by atoms with Gasteiger partial charge in [-0.3, -0.25) is 14.8 Å². The zero-order valence-corrected chi connectivity index (χ0v) is 20.6. The van der Waals surface area contributed by atoms with E-state index in [9.17, 15) is 36.4 Å². The van der Waals surface area contributed by atoms with Crippen molar-refractivity contribution in [2.45, 2.75) is 28.7 Å². The topological polar surface area (TPSA) is 113 Å². The van der Waals surface area contributed by atoms with Crippen LogP contribution < -0.4 is 10.1 Å². The minimum absolute atomic E-state index is 0.00889. The number of hydrogen-bond donors (Lipinski definition) is 2. The van der Waals surface area contributed by atoms with Gasteiger partial charge in [-0.15, -0.1) is 0 Å². The molecule has 0 bridgehead atoms. The lowest BCUT2D eigenvalue weighted by Crippen LogP contribution is -2.58. The van der Waals surface area contributed by atoms with E-state index < -0.39 is 38.1 Å². The van der Waals surface area contributed by atoms with Gasteiger partial charge in [0.15, 0.2) is 14.6 Å². The van der Waals surface area contributed by atoms with Crippen molar-refractivity contribution < 1.29 is 41.1 Å². The number of benzene rings is 3. The van der Waals surface area contributed by atoms with Crippen LogP contribution in [0.25, 0.3) is 0 Å². The molecule has 0 aromatic heterocycles. The van der Waals surface area contributed by atoms with Gasteiger partial charge in [0, 0.05) is 5.56 Å².